The Balaban J connectivity index is 3.58. The first kappa shape index (κ1) is 48.1. The SMILES string of the molecule is CCC/C=C\C/C=C\CCCCCCCC(=O)OCCCCCC/C=C\CCCC(=O)NC(CO)C(O)CCCCCCCCCCCCC. The number of amides is 1. The molecular weight excluding hydrogens is 622 g/mol. The van der Waals surface area contributed by atoms with Crippen LogP contribution in [0.4, 0.5) is 0 Å². The van der Waals surface area contributed by atoms with Gasteiger partial charge >= 0.3 is 5.97 Å². The molecule has 0 aliphatic heterocycles. The lowest BCUT2D eigenvalue weighted by atomic mass is 10.0. The van der Waals surface area contributed by atoms with Gasteiger partial charge in [-0.3, -0.25) is 9.59 Å². The maximum atomic E-state index is 12.3. The highest BCUT2D eigenvalue weighted by atomic mass is 16.5. The van der Waals surface area contributed by atoms with E-state index in [4.69, 9.17) is 4.74 Å². The van der Waals surface area contributed by atoms with Crippen molar-refractivity contribution < 1.29 is 24.5 Å². The minimum Gasteiger partial charge on any atom is -0.466 e. The van der Waals surface area contributed by atoms with E-state index >= 15 is 0 Å². The van der Waals surface area contributed by atoms with Crippen LogP contribution in [-0.4, -0.2) is 47.4 Å². The number of aliphatic hydroxyl groups excluding tert-OH is 2. The summed E-state index contributed by atoms with van der Waals surface area (Å²) in [7, 11) is 0. The van der Waals surface area contributed by atoms with Gasteiger partial charge in [-0.2, -0.15) is 0 Å². The summed E-state index contributed by atoms with van der Waals surface area (Å²) in [5.74, 6) is -0.153. The van der Waals surface area contributed by atoms with Crippen LogP contribution in [0.25, 0.3) is 0 Å². The fraction of sp³-hybridized carbons (Fsp3) is 0.818. The van der Waals surface area contributed by atoms with Crippen molar-refractivity contribution in [1.29, 1.82) is 0 Å². The Kier molecular flexibility index (Phi) is 38.3. The Morgan fingerprint density at radius 3 is 1.66 bits per heavy atom. The number of ether oxygens (including phenoxy) is 1. The summed E-state index contributed by atoms with van der Waals surface area (Å²) in [6.45, 7) is 4.75. The molecule has 6 heteroatoms. The van der Waals surface area contributed by atoms with E-state index in [-0.39, 0.29) is 18.5 Å². The fourth-order valence-electron chi connectivity index (χ4n) is 6.09. The third-order valence-electron chi connectivity index (χ3n) is 9.39. The summed E-state index contributed by atoms with van der Waals surface area (Å²) in [6.07, 6.45) is 45.3. The zero-order chi connectivity index (χ0) is 36.6. The maximum Gasteiger partial charge on any atom is 0.305 e. The minimum absolute atomic E-state index is 0.0525. The van der Waals surface area contributed by atoms with E-state index < -0.39 is 12.1 Å². The van der Waals surface area contributed by atoms with Crippen LogP contribution >= 0.6 is 0 Å². The number of hydrogen-bond acceptors (Lipinski definition) is 5. The molecule has 3 N–H and O–H groups in total. The summed E-state index contributed by atoms with van der Waals surface area (Å²) in [6, 6.07) is -0.578. The average Bonchev–Trinajstić information content (AvgIpc) is 3.11. The average molecular weight is 704 g/mol. The highest BCUT2D eigenvalue weighted by molar-refractivity contribution is 5.76. The van der Waals surface area contributed by atoms with E-state index in [1.165, 1.54) is 89.9 Å². The van der Waals surface area contributed by atoms with Crippen molar-refractivity contribution in [1.82, 2.24) is 5.32 Å². The molecule has 0 aromatic rings. The second-order valence-electron chi connectivity index (χ2n) is 14.3. The molecule has 0 saturated carbocycles. The highest BCUT2D eigenvalue weighted by Crippen LogP contribution is 2.14. The fourth-order valence-corrected chi connectivity index (χ4v) is 6.09. The zero-order valence-corrected chi connectivity index (χ0v) is 32.9. The monoisotopic (exact) mass is 704 g/mol. The normalized spacial score (nSPS) is 13.1. The van der Waals surface area contributed by atoms with E-state index in [0.29, 0.717) is 25.9 Å². The second kappa shape index (κ2) is 39.9. The number of carbonyl (C=O) groups excluding carboxylic acids is 2. The molecule has 0 spiro atoms. The van der Waals surface area contributed by atoms with E-state index in [0.717, 1.165) is 83.5 Å². The molecule has 0 bridgehead atoms. The second-order valence-corrected chi connectivity index (χ2v) is 14.3. The van der Waals surface area contributed by atoms with Gasteiger partial charge in [0.1, 0.15) is 0 Å². The number of carbonyl (C=O) groups is 2. The van der Waals surface area contributed by atoms with Crippen molar-refractivity contribution in [3.63, 3.8) is 0 Å². The summed E-state index contributed by atoms with van der Waals surface area (Å²) in [4.78, 5) is 24.3. The quantitative estimate of drug-likeness (QED) is 0.0338. The van der Waals surface area contributed by atoms with Gasteiger partial charge in [0, 0.05) is 12.8 Å². The summed E-state index contributed by atoms with van der Waals surface area (Å²) >= 11 is 0. The van der Waals surface area contributed by atoms with Gasteiger partial charge in [0.25, 0.3) is 0 Å². The largest absolute Gasteiger partial charge is 0.466 e. The van der Waals surface area contributed by atoms with E-state index in [9.17, 15) is 19.8 Å². The third-order valence-corrected chi connectivity index (χ3v) is 9.39. The smallest absolute Gasteiger partial charge is 0.305 e. The molecule has 0 aliphatic rings. The van der Waals surface area contributed by atoms with Crippen LogP contribution in [0.1, 0.15) is 206 Å². The Labute approximate surface area is 309 Å². The van der Waals surface area contributed by atoms with Crippen molar-refractivity contribution in [2.24, 2.45) is 0 Å². The number of nitrogens with one attached hydrogen (secondary N) is 1. The molecule has 50 heavy (non-hydrogen) atoms. The minimum atomic E-state index is -0.694. The lowest BCUT2D eigenvalue weighted by Crippen LogP contribution is -2.45. The molecule has 0 aromatic heterocycles. The van der Waals surface area contributed by atoms with E-state index in [1.807, 2.05) is 0 Å². The molecule has 0 heterocycles. The standard InChI is InChI=1S/C44H81NO5/c1-3-5-7-9-11-13-15-16-18-22-26-30-34-38-44(49)50-39-35-31-27-23-19-21-25-29-33-37-43(48)45-41(40-46)42(47)36-32-28-24-20-17-14-12-10-8-6-4-2/h7,9,13,15,21,25,41-42,46-47H,3-6,8,10-12,14,16-20,22-24,26-40H2,1-2H3,(H,45,48)/b9-7-,15-13-,25-21-. The number of rotatable bonds is 38. The number of esters is 1. The lowest BCUT2D eigenvalue weighted by molar-refractivity contribution is -0.143. The van der Waals surface area contributed by atoms with Gasteiger partial charge in [-0.05, 0) is 70.6 Å². The van der Waals surface area contributed by atoms with Crippen LogP contribution in [0.3, 0.4) is 0 Å². The van der Waals surface area contributed by atoms with Crippen LogP contribution in [0.2, 0.25) is 0 Å². The van der Waals surface area contributed by atoms with Gasteiger partial charge in [0.2, 0.25) is 5.91 Å². The molecule has 6 nitrogen and oxygen atoms in total. The first-order valence-corrected chi connectivity index (χ1v) is 21.2. The molecule has 0 rings (SSSR count). The molecule has 1 amide bonds. The van der Waals surface area contributed by atoms with E-state index in [2.05, 4.69) is 55.6 Å². The molecule has 0 fully saturated rings. The van der Waals surface area contributed by atoms with E-state index in [1.54, 1.807) is 0 Å². The first-order chi connectivity index (χ1) is 24.5. The number of unbranched alkanes of at least 4 members (excludes halogenated alkanes) is 21. The van der Waals surface area contributed by atoms with Gasteiger partial charge < -0.3 is 20.3 Å². The van der Waals surface area contributed by atoms with Gasteiger partial charge in [-0.25, -0.2) is 0 Å². The molecule has 2 atom stereocenters. The van der Waals surface area contributed by atoms with Crippen molar-refractivity contribution in [3.8, 4) is 0 Å². The molecule has 0 radical (unpaired) electrons. The number of allylic oxidation sites excluding steroid dienone is 6. The highest BCUT2D eigenvalue weighted by Gasteiger charge is 2.19. The van der Waals surface area contributed by atoms with Crippen molar-refractivity contribution in [3.05, 3.63) is 36.5 Å². The van der Waals surface area contributed by atoms with Crippen molar-refractivity contribution in [2.75, 3.05) is 13.2 Å². The lowest BCUT2D eigenvalue weighted by Gasteiger charge is -2.22. The van der Waals surface area contributed by atoms with Gasteiger partial charge in [-0.1, -0.05) is 159 Å². The number of hydrogen-bond donors (Lipinski definition) is 3. The van der Waals surface area contributed by atoms with Crippen LogP contribution < -0.4 is 5.32 Å². The van der Waals surface area contributed by atoms with Crippen molar-refractivity contribution in [2.45, 2.75) is 219 Å². The Morgan fingerprint density at radius 1 is 0.560 bits per heavy atom. The van der Waals surface area contributed by atoms with Crippen LogP contribution in [0.5, 0.6) is 0 Å². The molecular formula is C44H81NO5. The molecule has 0 saturated heterocycles. The molecule has 0 aliphatic carbocycles. The van der Waals surface area contributed by atoms with Crippen LogP contribution in [0, 0.1) is 0 Å². The summed E-state index contributed by atoms with van der Waals surface area (Å²) < 4.78 is 5.40. The van der Waals surface area contributed by atoms with Gasteiger partial charge in [0.05, 0.1) is 25.4 Å². The third kappa shape index (κ3) is 35.9. The van der Waals surface area contributed by atoms with Crippen molar-refractivity contribution >= 4 is 11.9 Å². The number of aliphatic hydroxyl groups is 2. The predicted octanol–water partition coefficient (Wildman–Crippen LogP) is 11.8. The first-order valence-electron chi connectivity index (χ1n) is 21.2. The Bertz CT molecular complexity index is 823. The Hall–Kier alpha value is -1.92. The summed E-state index contributed by atoms with van der Waals surface area (Å²) in [5.41, 5.74) is 0. The Morgan fingerprint density at radius 2 is 1.06 bits per heavy atom. The molecule has 292 valence electrons. The zero-order valence-electron chi connectivity index (χ0n) is 32.9. The maximum absolute atomic E-state index is 12.3. The summed E-state index contributed by atoms with van der Waals surface area (Å²) in [5, 5.41) is 23.0. The predicted molar refractivity (Wildman–Crippen MR) is 213 cm³/mol. The van der Waals surface area contributed by atoms with Crippen LogP contribution in [-0.2, 0) is 14.3 Å². The van der Waals surface area contributed by atoms with Gasteiger partial charge in [0.15, 0.2) is 0 Å². The van der Waals surface area contributed by atoms with Crippen LogP contribution in [0.15, 0.2) is 36.5 Å². The van der Waals surface area contributed by atoms with Gasteiger partial charge in [-0.15, -0.1) is 0 Å². The molecule has 0 aromatic carbocycles. The molecule has 2 unspecified atom stereocenters. The topological polar surface area (TPSA) is 95.9 Å².